The van der Waals surface area contributed by atoms with Gasteiger partial charge >= 0.3 is 7.48 Å². The molecular weight excluding hydrogens is 90.9 g/mol. The zero-order valence-electron chi connectivity index (χ0n) is 3.89. The maximum absolute atomic E-state index is 8.23. The topological polar surface area (TPSA) is 70.1 Å². The van der Waals surface area contributed by atoms with E-state index in [1.807, 2.05) is 0 Å². The average molecular weight is 97.9 g/mol. The van der Waals surface area contributed by atoms with Crippen LogP contribution in [0.25, 0.3) is 0 Å². The number of nitrogens with one attached hydrogen (secondary N) is 1. The van der Waals surface area contributed by atoms with Gasteiger partial charge in [-0.3, -0.25) is 0 Å². The van der Waals surface area contributed by atoms with Gasteiger partial charge in [-0.25, -0.2) is 0 Å². The molecule has 0 aromatic rings. The maximum atomic E-state index is 8.23. The van der Waals surface area contributed by atoms with Crippen molar-refractivity contribution in [3.8, 4) is 0 Å². The first kappa shape index (κ1) is 6.23. The van der Waals surface area contributed by atoms with Crippen LogP contribution in [0.3, 0.4) is 0 Å². The van der Waals surface area contributed by atoms with Crippen LogP contribution in [0, 0.1) is 5.41 Å². The Morgan fingerprint density at radius 2 is 2.43 bits per heavy atom. The van der Waals surface area contributed by atoms with Crippen LogP contribution in [0.5, 0.6) is 0 Å². The summed E-state index contributed by atoms with van der Waals surface area (Å²) in [5.74, 6) is 0. The van der Waals surface area contributed by atoms with Gasteiger partial charge in [-0.15, -0.1) is 0 Å². The van der Waals surface area contributed by atoms with E-state index in [0.717, 1.165) is 6.21 Å². The Morgan fingerprint density at radius 3 is 2.43 bits per heavy atom. The molecule has 0 aliphatic carbocycles. The predicted octanol–water partition coefficient (Wildman–Crippen LogP) is -1.22. The van der Waals surface area contributed by atoms with Crippen LogP contribution < -0.4 is 5.73 Å². The molecule has 0 aliphatic rings. The monoisotopic (exact) mass is 98.1 g/mol. The molecule has 0 aromatic heterocycles. The van der Waals surface area contributed by atoms with Gasteiger partial charge in [0.2, 0.25) is 0 Å². The van der Waals surface area contributed by atoms with Gasteiger partial charge in [-0.1, -0.05) is 0 Å². The summed E-state index contributed by atoms with van der Waals surface area (Å²) in [6, 6.07) is 0. The van der Waals surface area contributed by atoms with Gasteiger partial charge in [0.05, 0.1) is 0 Å². The Labute approximate surface area is 42.6 Å². The van der Waals surface area contributed by atoms with Crippen LogP contribution in [-0.2, 0) is 0 Å². The van der Waals surface area contributed by atoms with Crippen molar-refractivity contribution in [3.63, 3.8) is 0 Å². The highest BCUT2D eigenvalue weighted by Crippen LogP contribution is 1.75. The molecule has 0 rings (SSSR count). The molecule has 0 saturated heterocycles. The van der Waals surface area contributed by atoms with E-state index < -0.39 is 0 Å². The second kappa shape index (κ2) is 3.43. The van der Waals surface area contributed by atoms with E-state index in [1.165, 1.54) is 6.20 Å². The second-order valence-corrected chi connectivity index (χ2v) is 1.04. The van der Waals surface area contributed by atoms with Gasteiger partial charge < -0.3 is 16.2 Å². The summed E-state index contributed by atoms with van der Waals surface area (Å²) in [5.41, 5.74) is 5.35. The Kier molecular flexibility index (Phi) is 3.05. The maximum Gasteiger partial charge on any atom is 0.307 e. The lowest BCUT2D eigenvalue weighted by Gasteiger charge is -1.83. The van der Waals surface area contributed by atoms with Crippen LogP contribution >= 0.6 is 0 Å². The van der Waals surface area contributed by atoms with Crippen molar-refractivity contribution in [2.75, 3.05) is 0 Å². The number of nitrogens with two attached hydrogens (primary N) is 1. The van der Waals surface area contributed by atoms with Crippen molar-refractivity contribution in [2.45, 2.75) is 0 Å². The Balaban J connectivity index is 3.60. The largest absolute Gasteiger partial charge is 0.449 e. The van der Waals surface area contributed by atoms with Crippen molar-refractivity contribution in [1.82, 2.24) is 0 Å². The summed E-state index contributed by atoms with van der Waals surface area (Å²) in [7, 11) is -0.153. The molecule has 38 valence electrons. The minimum atomic E-state index is -0.153. The fraction of sp³-hybridized carbons (Fsp3) is 0. The Hall–Kier alpha value is -0.765. The summed E-state index contributed by atoms with van der Waals surface area (Å²) in [4.78, 5) is 0. The second-order valence-electron chi connectivity index (χ2n) is 1.04. The zero-order chi connectivity index (χ0) is 5.70. The molecule has 3 nitrogen and oxygen atoms in total. The van der Waals surface area contributed by atoms with Gasteiger partial charge in [-0.05, 0) is 11.7 Å². The summed E-state index contributed by atoms with van der Waals surface area (Å²) < 4.78 is 0. The molecule has 0 aromatic carbocycles. The normalized spacial score (nSPS) is 10.7. The molecule has 0 saturated carbocycles. The molecule has 0 atom stereocenters. The molecule has 0 unspecified atom stereocenters. The molecule has 0 aliphatic heterocycles. The first-order valence-corrected chi connectivity index (χ1v) is 1.87. The molecule has 0 amide bonds. The molecular formula is C3H7BN2O. The summed E-state index contributed by atoms with van der Waals surface area (Å²) >= 11 is 0. The lowest BCUT2D eigenvalue weighted by atomic mass is 9.90. The van der Waals surface area contributed by atoms with Crippen molar-refractivity contribution in [2.24, 2.45) is 5.73 Å². The molecule has 0 heterocycles. The van der Waals surface area contributed by atoms with E-state index in [4.69, 9.17) is 16.2 Å². The van der Waals surface area contributed by atoms with E-state index in [-0.39, 0.29) is 7.48 Å². The molecule has 0 spiro atoms. The van der Waals surface area contributed by atoms with Crippen LogP contribution in [0.2, 0.25) is 0 Å². The first-order valence-electron chi connectivity index (χ1n) is 1.87. The number of allylic oxidation sites excluding steroid dienone is 1. The predicted molar refractivity (Wildman–Crippen MR) is 30.4 cm³/mol. The van der Waals surface area contributed by atoms with Gasteiger partial charge in [0, 0.05) is 6.21 Å². The van der Waals surface area contributed by atoms with E-state index in [1.54, 1.807) is 0 Å². The van der Waals surface area contributed by atoms with Crippen molar-refractivity contribution < 1.29 is 5.02 Å². The molecule has 0 bridgehead atoms. The fourth-order valence-corrected chi connectivity index (χ4v) is 0.146. The third-order valence-electron chi connectivity index (χ3n) is 0.582. The van der Waals surface area contributed by atoms with Crippen LogP contribution in [-0.4, -0.2) is 18.7 Å². The van der Waals surface area contributed by atoms with Gasteiger partial charge in [-0.2, -0.15) is 0 Å². The first-order chi connectivity index (χ1) is 3.35. The molecule has 0 radical (unpaired) electrons. The van der Waals surface area contributed by atoms with Crippen molar-refractivity contribution in [3.05, 3.63) is 11.7 Å². The van der Waals surface area contributed by atoms with Crippen LogP contribution in [0.1, 0.15) is 0 Å². The van der Waals surface area contributed by atoms with Crippen LogP contribution in [0.4, 0.5) is 0 Å². The van der Waals surface area contributed by atoms with Gasteiger partial charge in [0.25, 0.3) is 0 Å². The van der Waals surface area contributed by atoms with E-state index in [0.29, 0.717) is 5.47 Å². The van der Waals surface area contributed by atoms with Crippen molar-refractivity contribution in [1.29, 1.82) is 5.41 Å². The van der Waals surface area contributed by atoms with E-state index >= 15 is 0 Å². The Bertz CT molecular complexity index is 90.9. The minimum Gasteiger partial charge on any atom is -0.449 e. The highest BCUT2D eigenvalue weighted by atomic mass is 16.2. The van der Waals surface area contributed by atoms with Gasteiger partial charge in [0.1, 0.15) is 0 Å². The Morgan fingerprint density at radius 1 is 1.86 bits per heavy atom. The third kappa shape index (κ3) is 2.00. The van der Waals surface area contributed by atoms with E-state index in [9.17, 15) is 0 Å². The van der Waals surface area contributed by atoms with Crippen molar-refractivity contribution >= 4 is 13.7 Å². The average Bonchev–Trinajstić information content (AvgIpc) is 1.72. The zero-order valence-corrected chi connectivity index (χ0v) is 3.89. The fourth-order valence-electron chi connectivity index (χ4n) is 0.146. The standard InChI is InChI=1S/C3H7BN2O/c5-1-3(2-6)4-7/h1-2,4-5,7H,6H2/b3-2+,5-1?. The summed E-state index contributed by atoms with van der Waals surface area (Å²) in [6.45, 7) is 0. The number of hydrogen-bond donors (Lipinski definition) is 3. The summed E-state index contributed by atoms with van der Waals surface area (Å²) in [6.07, 6.45) is 2.22. The number of rotatable bonds is 2. The lowest BCUT2D eigenvalue weighted by molar-refractivity contribution is 0.613. The van der Waals surface area contributed by atoms with E-state index in [2.05, 4.69) is 0 Å². The SMILES string of the molecule is N=C/C(BO)=C\N. The van der Waals surface area contributed by atoms with Crippen LogP contribution in [0.15, 0.2) is 11.7 Å². The smallest absolute Gasteiger partial charge is 0.307 e. The minimum absolute atomic E-state index is 0.153. The summed E-state index contributed by atoms with van der Waals surface area (Å²) in [5, 5.41) is 14.8. The lowest BCUT2D eigenvalue weighted by Crippen LogP contribution is -1.98. The molecule has 7 heavy (non-hydrogen) atoms. The third-order valence-corrected chi connectivity index (χ3v) is 0.582. The highest BCUT2D eigenvalue weighted by Gasteiger charge is 1.86. The highest BCUT2D eigenvalue weighted by molar-refractivity contribution is 6.44. The van der Waals surface area contributed by atoms with Gasteiger partial charge in [0.15, 0.2) is 0 Å². The number of hydrogen-bond acceptors (Lipinski definition) is 3. The quantitative estimate of drug-likeness (QED) is 0.299. The molecule has 0 fully saturated rings. The molecule has 4 heteroatoms. The molecule has 4 N–H and O–H groups in total.